The van der Waals surface area contributed by atoms with Crippen molar-refractivity contribution in [1.29, 1.82) is 0 Å². The summed E-state index contributed by atoms with van der Waals surface area (Å²) in [6, 6.07) is 51.9. The minimum Gasteiger partial charge on any atom is -0.309 e. The molecule has 0 aliphatic heterocycles. The van der Waals surface area contributed by atoms with Gasteiger partial charge in [0, 0.05) is 32.9 Å². The summed E-state index contributed by atoms with van der Waals surface area (Å²) in [5, 5.41) is 5.08. The molecule has 2 aromatic heterocycles. The zero-order valence-corrected chi connectivity index (χ0v) is 30.3. The molecule has 9 aromatic rings. The molecule has 0 atom stereocenters. The molecule has 0 bridgehead atoms. The van der Waals surface area contributed by atoms with Gasteiger partial charge in [-0.25, -0.2) is 0 Å². The van der Waals surface area contributed by atoms with Crippen molar-refractivity contribution < 1.29 is 0 Å². The Bertz CT molecular complexity index is 2700. The van der Waals surface area contributed by atoms with Crippen LogP contribution in [0.3, 0.4) is 0 Å². The fourth-order valence-corrected chi connectivity index (χ4v) is 9.22. The predicted molar refractivity (Wildman–Crippen MR) is 221 cm³/mol. The monoisotopic (exact) mass is 656 g/mol. The molecule has 0 fully saturated rings. The Hall–Kier alpha value is -5.80. The van der Waals surface area contributed by atoms with E-state index < -0.39 is 0 Å². The van der Waals surface area contributed by atoms with Crippen LogP contribution in [0.15, 0.2) is 140 Å². The first-order chi connectivity index (χ1) is 24.8. The topological polar surface area (TPSA) is 9.86 Å². The van der Waals surface area contributed by atoms with E-state index >= 15 is 0 Å². The Morgan fingerprint density at radius 3 is 1.47 bits per heavy atom. The number of hydrogen-bond acceptors (Lipinski definition) is 0. The van der Waals surface area contributed by atoms with E-state index in [1.807, 2.05) is 0 Å². The van der Waals surface area contributed by atoms with E-state index in [0.717, 1.165) is 0 Å². The van der Waals surface area contributed by atoms with Gasteiger partial charge >= 0.3 is 0 Å². The predicted octanol–water partition coefficient (Wildman–Crippen LogP) is 10.2. The largest absolute Gasteiger partial charge is 0.309 e. The zero-order chi connectivity index (χ0) is 35.0. The van der Waals surface area contributed by atoms with E-state index in [0.29, 0.717) is 0 Å². The van der Waals surface area contributed by atoms with Crippen LogP contribution in [-0.4, -0.2) is 15.8 Å². The lowest BCUT2D eigenvalue weighted by molar-refractivity contribution is 1.17. The van der Waals surface area contributed by atoms with Gasteiger partial charge in [0.25, 0.3) is 0 Å². The van der Waals surface area contributed by atoms with Crippen LogP contribution in [0.1, 0.15) is 33.4 Å². The molecule has 0 saturated heterocycles. The number of hydrogen-bond donors (Lipinski definition) is 0. The van der Waals surface area contributed by atoms with Gasteiger partial charge in [0.2, 0.25) is 6.71 Å². The fourth-order valence-electron chi connectivity index (χ4n) is 9.22. The average Bonchev–Trinajstić information content (AvgIpc) is 3.64. The van der Waals surface area contributed by atoms with Crippen molar-refractivity contribution in [2.75, 3.05) is 0 Å². The summed E-state index contributed by atoms with van der Waals surface area (Å²) in [5.74, 6) is 0. The van der Waals surface area contributed by atoms with Gasteiger partial charge in [-0.3, -0.25) is 0 Å². The van der Waals surface area contributed by atoms with E-state index in [2.05, 4.69) is 190 Å². The van der Waals surface area contributed by atoms with Gasteiger partial charge < -0.3 is 9.13 Å². The molecule has 2 nitrogen and oxygen atoms in total. The minimum absolute atomic E-state index is 0.133. The highest BCUT2D eigenvalue weighted by molar-refractivity contribution is 6.96. The van der Waals surface area contributed by atoms with Crippen molar-refractivity contribution in [3.05, 3.63) is 173 Å². The molecule has 0 radical (unpaired) electrons. The fraction of sp³-hybridized carbons (Fsp3) is 0.125. The maximum Gasteiger partial charge on any atom is 0.242 e. The second kappa shape index (κ2) is 11.9. The lowest BCUT2D eigenvalue weighted by Crippen LogP contribution is -2.55. The van der Waals surface area contributed by atoms with Crippen molar-refractivity contribution in [2.45, 2.75) is 41.5 Å². The molecule has 0 aliphatic rings. The molecule has 7 aromatic carbocycles. The SMILES string of the molecule is Cc1cc(C)c(B(c2ccc(-n3c4ccccc4c4ccc5c(c6ccccc6n5-c5ccccc5)c43)cc2)c2c(C)cc(C)cc2C)c(C)c1. The molecule has 0 aliphatic carbocycles. The highest BCUT2D eigenvalue weighted by atomic mass is 15.0. The summed E-state index contributed by atoms with van der Waals surface area (Å²) >= 11 is 0. The van der Waals surface area contributed by atoms with Gasteiger partial charge in [-0.2, -0.15) is 0 Å². The third-order valence-electron chi connectivity index (χ3n) is 11.0. The van der Waals surface area contributed by atoms with Gasteiger partial charge in [0.1, 0.15) is 0 Å². The standard InChI is InChI=1S/C48H41BN2/c1-30-26-32(3)46(33(4)27-30)49(47-34(5)28-31(2)29-35(47)6)36-20-22-38(23-21-36)51-42-18-12-10-16-39(42)40-24-25-44-45(48(40)51)41-17-11-13-19-43(41)50(44)37-14-8-7-9-15-37/h7-29H,1-6H3. The number of aromatic nitrogens is 2. The Morgan fingerprint density at radius 2 is 0.882 bits per heavy atom. The molecule has 0 amide bonds. The molecule has 2 heterocycles. The van der Waals surface area contributed by atoms with Crippen molar-refractivity contribution >= 4 is 66.7 Å². The van der Waals surface area contributed by atoms with Gasteiger partial charge in [-0.15, -0.1) is 0 Å². The average molecular weight is 657 g/mol. The summed E-state index contributed by atoms with van der Waals surface area (Å²) in [5.41, 5.74) is 19.4. The van der Waals surface area contributed by atoms with Crippen LogP contribution in [0.4, 0.5) is 0 Å². The smallest absolute Gasteiger partial charge is 0.242 e. The first-order valence-corrected chi connectivity index (χ1v) is 18.1. The second-order valence-electron chi connectivity index (χ2n) is 14.5. The number of rotatable bonds is 5. The van der Waals surface area contributed by atoms with Crippen molar-refractivity contribution in [3.8, 4) is 11.4 Å². The molecule has 51 heavy (non-hydrogen) atoms. The summed E-state index contributed by atoms with van der Waals surface area (Å²) in [6.45, 7) is 13.7. The van der Waals surface area contributed by atoms with Crippen LogP contribution < -0.4 is 16.4 Å². The molecule has 0 saturated carbocycles. The zero-order valence-electron chi connectivity index (χ0n) is 30.3. The van der Waals surface area contributed by atoms with Gasteiger partial charge in [-0.1, -0.05) is 147 Å². The maximum absolute atomic E-state index is 2.50. The third-order valence-corrected chi connectivity index (χ3v) is 11.0. The number of nitrogens with zero attached hydrogens (tertiary/aromatic N) is 2. The van der Waals surface area contributed by atoms with Crippen LogP contribution in [0, 0.1) is 41.5 Å². The van der Waals surface area contributed by atoms with Crippen LogP contribution in [0.25, 0.3) is 55.0 Å². The van der Waals surface area contributed by atoms with E-state index in [9.17, 15) is 0 Å². The highest BCUT2D eigenvalue weighted by Gasteiger charge is 2.29. The maximum atomic E-state index is 2.50. The van der Waals surface area contributed by atoms with E-state index in [-0.39, 0.29) is 6.71 Å². The van der Waals surface area contributed by atoms with Crippen LogP contribution in [0.2, 0.25) is 0 Å². The van der Waals surface area contributed by atoms with Crippen molar-refractivity contribution in [1.82, 2.24) is 9.13 Å². The molecule has 9 rings (SSSR count). The number of para-hydroxylation sites is 3. The Labute approximate surface area is 300 Å². The number of benzene rings is 7. The van der Waals surface area contributed by atoms with Crippen LogP contribution >= 0.6 is 0 Å². The molecule has 246 valence electrons. The molecule has 0 spiro atoms. The first-order valence-electron chi connectivity index (χ1n) is 18.1. The van der Waals surface area contributed by atoms with E-state index in [1.165, 1.54) is 105 Å². The normalized spacial score (nSPS) is 11.7. The van der Waals surface area contributed by atoms with Gasteiger partial charge in [0.05, 0.1) is 22.1 Å². The molecular formula is C48H41BN2. The second-order valence-corrected chi connectivity index (χ2v) is 14.5. The van der Waals surface area contributed by atoms with Gasteiger partial charge in [0.15, 0.2) is 0 Å². The summed E-state index contributed by atoms with van der Waals surface area (Å²) in [6.07, 6.45) is 0. The molecule has 0 N–H and O–H groups in total. The first kappa shape index (κ1) is 31.2. The van der Waals surface area contributed by atoms with E-state index in [4.69, 9.17) is 0 Å². The minimum atomic E-state index is 0.133. The van der Waals surface area contributed by atoms with E-state index in [1.54, 1.807) is 0 Å². The summed E-state index contributed by atoms with van der Waals surface area (Å²) in [7, 11) is 0. The lowest BCUT2D eigenvalue weighted by atomic mass is 9.34. The Morgan fingerprint density at radius 1 is 0.392 bits per heavy atom. The molecule has 0 unspecified atom stereocenters. The highest BCUT2D eigenvalue weighted by Crippen LogP contribution is 2.41. The number of fused-ring (bicyclic) bond motifs is 7. The van der Waals surface area contributed by atoms with Crippen LogP contribution in [-0.2, 0) is 0 Å². The quantitative estimate of drug-likeness (QED) is 0.163. The van der Waals surface area contributed by atoms with Crippen LogP contribution in [0.5, 0.6) is 0 Å². The Kier molecular flexibility index (Phi) is 7.29. The lowest BCUT2D eigenvalue weighted by Gasteiger charge is -2.25. The third kappa shape index (κ3) is 4.87. The number of aryl methyl sites for hydroxylation is 6. The summed E-state index contributed by atoms with van der Waals surface area (Å²) < 4.78 is 4.91. The Balaban J connectivity index is 1.32. The van der Waals surface area contributed by atoms with Crippen molar-refractivity contribution in [3.63, 3.8) is 0 Å². The molecule has 3 heteroatoms. The van der Waals surface area contributed by atoms with Crippen molar-refractivity contribution in [2.24, 2.45) is 0 Å². The summed E-state index contributed by atoms with van der Waals surface area (Å²) in [4.78, 5) is 0. The molecular weight excluding hydrogens is 615 g/mol. The van der Waals surface area contributed by atoms with Gasteiger partial charge in [-0.05, 0) is 84.0 Å².